The van der Waals surface area contributed by atoms with Crippen molar-refractivity contribution < 1.29 is 9.90 Å². The van der Waals surface area contributed by atoms with Gasteiger partial charge in [0.05, 0.1) is 6.42 Å². The SMILES string of the molecule is Nc1ccc(NCCC(=O)O)c(C(c2ccc(Cl)cc2)c2ccc(Cl)cc2)c1. The van der Waals surface area contributed by atoms with Gasteiger partial charge in [0.25, 0.3) is 0 Å². The molecule has 3 aromatic rings. The van der Waals surface area contributed by atoms with Crippen LogP contribution in [-0.2, 0) is 4.79 Å². The van der Waals surface area contributed by atoms with Crippen LogP contribution >= 0.6 is 23.2 Å². The molecular formula is C22H20Cl2N2O2. The van der Waals surface area contributed by atoms with Crippen LogP contribution in [0, 0.1) is 0 Å². The predicted octanol–water partition coefficient (Wildman–Crippen LogP) is 5.64. The van der Waals surface area contributed by atoms with Crippen molar-refractivity contribution in [1.82, 2.24) is 0 Å². The van der Waals surface area contributed by atoms with E-state index in [4.69, 9.17) is 34.0 Å². The van der Waals surface area contributed by atoms with Gasteiger partial charge >= 0.3 is 5.97 Å². The summed E-state index contributed by atoms with van der Waals surface area (Å²) in [5.41, 5.74) is 10.6. The van der Waals surface area contributed by atoms with Gasteiger partial charge in [-0.25, -0.2) is 0 Å². The molecule has 28 heavy (non-hydrogen) atoms. The molecule has 0 unspecified atom stereocenters. The molecule has 4 N–H and O–H groups in total. The molecule has 0 saturated carbocycles. The quantitative estimate of drug-likeness (QED) is 0.345. The first-order valence-electron chi connectivity index (χ1n) is 8.80. The molecule has 0 amide bonds. The number of rotatable bonds is 7. The summed E-state index contributed by atoms with van der Waals surface area (Å²) < 4.78 is 0. The lowest BCUT2D eigenvalue weighted by Gasteiger charge is -2.23. The molecule has 0 atom stereocenters. The molecule has 6 heteroatoms. The van der Waals surface area contributed by atoms with Gasteiger partial charge in [-0.1, -0.05) is 47.5 Å². The average molecular weight is 415 g/mol. The van der Waals surface area contributed by atoms with E-state index in [2.05, 4.69) is 5.32 Å². The van der Waals surface area contributed by atoms with E-state index in [9.17, 15) is 4.79 Å². The molecule has 3 aromatic carbocycles. The molecule has 4 nitrogen and oxygen atoms in total. The highest BCUT2D eigenvalue weighted by Gasteiger charge is 2.20. The van der Waals surface area contributed by atoms with Crippen LogP contribution in [0.4, 0.5) is 11.4 Å². The number of hydrogen-bond donors (Lipinski definition) is 3. The Kier molecular flexibility index (Phi) is 6.45. The lowest BCUT2D eigenvalue weighted by molar-refractivity contribution is -0.136. The summed E-state index contributed by atoms with van der Waals surface area (Å²) in [7, 11) is 0. The number of nitrogen functional groups attached to an aromatic ring is 1. The third-order valence-corrected chi connectivity index (χ3v) is 4.95. The molecule has 0 radical (unpaired) electrons. The summed E-state index contributed by atoms with van der Waals surface area (Å²) in [6.45, 7) is 0.320. The Labute approximate surface area is 173 Å². The van der Waals surface area contributed by atoms with Gasteiger partial charge in [-0.15, -0.1) is 0 Å². The molecule has 0 aliphatic rings. The fraction of sp³-hybridized carbons (Fsp3) is 0.136. The van der Waals surface area contributed by atoms with Crippen molar-refractivity contribution >= 4 is 40.5 Å². The lowest BCUT2D eigenvalue weighted by atomic mass is 9.84. The summed E-state index contributed by atoms with van der Waals surface area (Å²) >= 11 is 12.2. The lowest BCUT2D eigenvalue weighted by Crippen LogP contribution is -2.12. The minimum Gasteiger partial charge on any atom is -0.481 e. The van der Waals surface area contributed by atoms with Crippen molar-refractivity contribution in [2.75, 3.05) is 17.6 Å². The number of nitrogens with one attached hydrogen (secondary N) is 1. The van der Waals surface area contributed by atoms with Gasteiger partial charge in [-0.2, -0.15) is 0 Å². The average Bonchev–Trinajstić information content (AvgIpc) is 2.66. The Bertz CT molecular complexity index is 912. The van der Waals surface area contributed by atoms with Crippen LogP contribution in [0.15, 0.2) is 66.7 Å². The monoisotopic (exact) mass is 414 g/mol. The highest BCUT2D eigenvalue weighted by Crippen LogP contribution is 2.38. The first-order chi connectivity index (χ1) is 13.4. The van der Waals surface area contributed by atoms with Gasteiger partial charge in [-0.05, 0) is 59.2 Å². The van der Waals surface area contributed by atoms with Crippen LogP contribution in [0.25, 0.3) is 0 Å². The minimum absolute atomic E-state index is 0.0242. The van der Waals surface area contributed by atoms with Gasteiger partial charge in [0, 0.05) is 33.9 Å². The Hall–Kier alpha value is -2.69. The van der Waals surface area contributed by atoms with Crippen LogP contribution in [0.2, 0.25) is 10.0 Å². The molecule has 3 rings (SSSR count). The number of carbonyl (C=O) groups is 1. The molecule has 0 heterocycles. The molecule has 0 aliphatic heterocycles. The van der Waals surface area contributed by atoms with Crippen molar-refractivity contribution in [3.63, 3.8) is 0 Å². The number of anilines is 2. The van der Waals surface area contributed by atoms with E-state index in [0.717, 1.165) is 22.4 Å². The summed E-state index contributed by atoms with van der Waals surface area (Å²) in [4.78, 5) is 10.9. The second-order valence-electron chi connectivity index (χ2n) is 6.45. The molecule has 0 aliphatic carbocycles. The standard InChI is InChI=1S/C22H20Cl2N2O2/c23-16-5-1-14(2-6-16)22(15-3-7-17(24)8-4-15)19-13-18(25)9-10-20(19)26-12-11-21(27)28/h1-10,13,22,26H,11-12,25H2,(H,27,28). The third-order valence-electron chi connectivity index (χ3n) is 4.45. The molecule has 0 bridgehead atoms. The van der Waals surface area contributed by atoms with E-state index < -0.39 is 5.97 Å². The van der Waals surface area contributed by atoms with E-state index in [1.165, 1.54) is 0 Å². The summed E-state index contributed by atoms with van der Waals surface area (Å²) in [6.07, 6.45) is 0.0242. The number of nitrogens with two attached hydrogens (primary N) is 1. The number of aliphatic carboxylic acids is 1. The zero-order valence-electron chi connectivity index (χ0n) is 15.0. The van der Waals surface area contributed by atoms with Crippen LogP contribution in [-0.4, -0.2) is 17.6 Å². The van der Waals surface area contributed by atoms with E-state index in [1.54, 1.807) is 6.07 Å². The fourth-order valence-electron chi connectivity index (χ4n) is 3.15. The maximum atomic E-state index is 10.9. The molecule has 0 spiro atoms. The predicted molar refractivity (Wildman–Crippen MR) is 115 cm³/mol. The normalized spacial score (nSPS) is 10.8. The van der Waals surface area contributed by atoms with Gasteiger partial charge in [0.15, 0.2) is 0 Å². The minimum atomic E-state index is -0.851. The van der Waals surface area contributed by atoms with E-state index >= 15 is 0 Å². The van der Waals surface area contributed by atoms with Crippen molar-refractivity contribution in [3.8, 4) is 0 Å². The number of hydrogen-bond acceptors (Lipinski definition) is 3. The Balaban J connectivity index is 2.09. The van der Waals surface area contributed by atoms with E-state index in [-0.39, 0.29) is 12.3 Å². The van der Waals surface area contributed by atoms with Gasteiger partial charge in [-0.3, -0.25) is 4.79 Å². The van der Waals surface area contributed by atoms with Crippen LogP contribution in [0.5, 0.6) is 0 Å². The van der Waals surface area contributed by atoms with Crippen LogP contribution in [0.3, 0.4) is 0 Å². The third kappa shape index (κ3) is 4.97. The zero-order valence-corrected chi connectivity index (χ0v) is 16.5. The van der Waals surface area contributed by atoms with Crippen molar-refractivity contribution in [2.24, 2.45) is 0 Å². The van der Waals surface area contributed by atoms with E-state index in [1.807, 2.05) is 60.7 Å². The molecule has 0 saturated heterocycles. The zero-order chi connectivity index (χ0) is 20.1. The number of carboxylic acids is 1. The maximum Gasteiger partial charge on any atom is 0.305 e. The summed E-state index contributed by atoms with van der Waals surface area (Å²) in [6, 6.07) is 20.9. The number of benzene rings is 3. The van der Waals surface area contributed by atoms with E-state index in [0.29, 0.717) is 22.3 Å². The van der Waals surface area contributed by atoms with Crippen molar-refractivity contribution in [2.45, 2.75) is 12.3 Å². The molecule has 144 valence electrons. The Morgan fingerprint density at radius 1 is 0.929 bits per heavy atom. The highest BCUT2D eigenvalue weighted by molar-refractivity contribution is 6.30. The molecular weight excluding hydrogens is 395 g/mol. The second-order valence-corrected chi connectivity index (χ2v) is 7.33. The first-order valence-corrected chi connectivity index (χ1v) is 9.55. The van der Waals surface area contributed by atoms with Gasteiger partial charge in [0.2, 0.25) is 0 Å². The van der Waals surface area contributed by atoms with Crippen molar-refractivity contribution in [3.05, 3.63) is 93.5 Å². The number of carboxylic acid groups (broad SMARTS) is 1. The highest BCUT2D eigenvalue weighted by atomic mass is 35.5. The van der Waals surface area contributed by atoms with Gasteiger partial charge in [0.1, 0.15) is 0 Å². The first kappa shape index (κ1) is 20.1. The Morgan fingerprint density at radius 2 is 1.46 bits per heavy atom. The smallest absolute Gasteiger partial charge is 0.305 e. The number of halogens is 2. The summed E-state index contributed by atoms with van der Waals surface area (Å²) in [5.74, 6) is -0.971. The second kappa shape index (κ2) is 9.00. The van der Waals surface area contributed by atoms with Crippen LogP contribution < -0.4 is 11.1 Å². The maximum absolute atomic E-state index is 10.9. The topological polar surface area (TPSA) is 75.3 Å². The summed E-state index contributed by atoms with van der Waals surface area (Å²) in [5, 5.41) is 13.5. The van der Waals surface area contributed by atoms with Crippen LogP contribution in [0.1, 0.15) is 29.0 Å². The molecule has 0 aromatic heterocycles. The fourth-order valence-corrected chi connectivity index (χ4v) is 3.40. The Morgan fingerprint density at radius 3 is 1.96 bits per heavy atom. The largest absolute Gasteiger partial charge is 0.481 e. The van der Waals surface area contributed by atoms with Crippen molar-refractivity contribution in [1.29, 1.82) is 0 Å². The van der Waals surface area contributed by atoms with Gasteiger partial charge < -0.3 is 16.2 Å². The molecule has 0 fully saturated rings.